The summed E-state index contributed by atoms with van der Waals surface area (Å²) in [6, 6.07) is 21.3. The molecule has 0 amide bonds. The smallest absolute Gasteiger partial charge is 0.240 e. The number of hydrogen-bond acceptors (Lipinski definition) is 3. The average molecular weight is 340 g/mol. The molecule has 0 N–H and O–H groups in total. The molecule has 24 heavy (non-hydrogen) atoms. The number of benzene rings is 2. The van der Waals surface area contributed by atoms with Crippen LogP contribution in [0, 0.1) is 0 Å². The second-order valence-corrected chi connectivity index (χ2v) is 9.51. The van der Waals surface area contributed by atoms with Crippen LogP contribution in [0.15, 0.2) is 60.7 Å². The van der Waals surface area contributed by atoms with Gasteiger partial charge in [-0.25, -0.2) is 0 Å². The summed E-state index contributed by atoms with van der Waals surface area (Å²) in [6.07, 6.45) is 2.42. The third-order valence-corrected chi connectivity index (χ3v) is 7.45. The van der Waals surface area contributed by atoms with E-state index in [4.69, 9.17) is 13.9 Å². The number of hydrogen-bond donors (Lipinski definition) is 0. The fraction of sp³-hybridized carbons (Fsp3) is 0.400. The Morgan fingerprint density at radius 1 is 0.833 bits per heavy atom. The van der Waals surface area contributed by atoms with Crippen molar-refractivity contribution in [3.8, 4) is 0 Å². The maximum atomic E-state index is 6.67. The van der Waals surface area contributed by atoms with Crippen LogP contribution in [-0.2, 0) is 13.9 Å². The molecule has 4 heteroatoms. The van der Waals surface area contributed by atoms with E-state index in [1.807, 2.05) is 13.8 Å². The van der Waals surface area contributed by atoms with Gasteiger partial charge in [0.1, 0.15) is 0 Å². The lowest BCUT2D eigenvalue weighted by Crippen LogP contribution is -2.47. The van der Waals surface area contributed by atoms with Crippen LogP contribution in [0.5, 0.6) is 0 Å². The maximum Gasteiger partial charge on any atom is 0.240 e. The van der Waals surface area contributed by atoms with Crippen molar-refractivity contribution in [2.45, 2.75) is 50.8 Å². The molecular weight excluding hydrogens is 316 g/mol. The predicted octanol–water partition coefficient (Wildman–Crippen LogP) is 2.22. The van der Waals surface area contributed by atoms with Crippen molar-refractivity contribution >= 4 is 19.4 Å². The Kier molecular flexibility index (Phi) is 4.31. The molecule has 1 heterocycles. The number of ether oxygens (including phenoxy) is 2. The first kappa shape index (κ1) is 16.0. The van der Waals surface area contributed by atoms with E-state index in [9.17, 15) is 0 Å². The molecule has 1 aliphatic carbocycles. The van der Waals surface area contributed by atoms with Gasteiger partial charge in [-0.15, -0.1) is 0 Å². The quantitative estimate of drug-likeness (QED) is 0.799. The van der Waals surface area contributed by atoms with Crippen LogP contribution < -0.4 is 10.4 Å². The standard InChI is InChI=1S/C20H24O3Si/c1-20(2)21-18-13-15(14-19(18)22-20)23-24(16-9-5-3-6-10-16)17-11-7-4-8-12-17/h3-12,15,18-19,24H,13-14H2,1-2H3. The highest BCUT2D eigenvalue weighted by molar-refractivity contribution is 6.80. The topological polar surface area (TPSA) is 27.7 Å². The van der Waals surface area contributed by atoms with Crippen molar-refractivity contribution < 1.29 is 13.9 Å². The van der Waals surface area contributed by atoms with Crippen molar-refractivity contribution in [2.75, 3.05) is 0 Å². The van der Waals surface area contributed by atoms with E-state index in [2.05, 4.69) is 60.7 Å². The molecule has 0 aromatic heterocycles. The van der Waals surface area contributed by atoms with Gasteiger partial charge < -0.3 is 13.9 Å². The molecule has 0 bridgehead atoms. The molecule has 1 aliphatic heterocycles. The zero-order valence-corrected chi connectivity index (χ0v) is 15.4. The molecule has 2 atom stereocenters. The Bertz CT molecular complexity index is 618. The summed E-state index contributed by atoms with van der Waals surface area (Å²) in [5.74, 6) is -0.448. The van der Waals surface area contributed by atoms with Gasteiger partial charge in [-0.1, -0.05) is 60.7 Å². The molecule has 2 aromatic rings. The first-order chi connectivity index (χ1) is 11.6. The normalized spacial score (nSPS) is 28.2. The van der Waals surface area contributed by atoms with Crippen LogP contribution in [0.3, 0.4) is 0 Å². The van der Waals surface area contributed by atoms with E-state index in [1.165, 1.54) is 10.4 Å². The Labute approximate surface area is 145 Å². The zero-order valence-electron chi connectivity index (χ0n) is 14.2. The molecule has 1 saturated heterocycles. The minimum absolute atomic E-state index is 0.172. The largest absolute Gasteiger partial charge is 0.408 e. The van der Waals surface area contributed by atoms with Gasteiger partial charge in [0.2, 0.25) is 9.04 Å². The summed E-state index contributed by atoms with van der Waals surface area (Å²) in [5.41, 5.74) is 0. The van der Waals surface area contributed by atoms with Crippen molar-refractivity contribution in [2.24, 2.45) is 0 Å². The summed E-state index contributed by atoms with van der Waals surface area (Å²) >= 11 is 0. The lowest BCUT2D eigenvalue weighted by Gasteiger charge is -2.24. The monoisotopic (exact) mass is 340 g/mol. The van der Waals surface area contributed by atoms with Gasteiger partial charge in [-0.2, -0.15) is 0 Å². The molecule has 4 rings (SSSR count). The van der Waals surface area contributed by atoms with E-state index < -0.39 is 14.8 Å². The first-order valence-electron chi connectivity index (χ1n) is 8.72. The second kappa shape index (κ2) is 6.45. The van der Waals surface area contributed by atoms with Gasteiger partial charge in [0.15, 0.2) is 5.79 Å². The van der Waals surface area contributed by atoms with Gasteiger partial charge in [0.05, 0.1) is 18.3 Å². The molecule has 0 radical (unpaired) electrons. The lowest BCUT2D eigenvalue weighted by atomic mass is 10.3. The average Bonchev–Trinajstić information content (AvgIpc) is 3.07. The lowest BCUT2D eigenvalue weighted by molar-refractivity contribution is -0.155. The molecular formula is C20H24O3Si. The van der Waals surface area contributed by atoms with Crippen molar-refractivity contribution in [1.29, 1.82) is 0 Å². The van der Waals surface area contributed by atoms with Crippen LogP contribution in [0.4, 0.5) is 0 Å². The highest BCUT2D eigenvalue weighted by Gasteiger charge is 2.48. The van der Waals surface area contributed by atoms with E-state index in [0.717, 1.165) is 12.8 Å². The van der Waals surface area contributed by atoms with E-state index >= 15 is 0 Å². The Balaban J connectivity index is 1.52. The minimum Gasteiger partial charge on any atom is -0.408 e. The SMILES string of the molecule is CC1(C)OC2CC(O[SiH](c3ccccc3)c3ccccc3)CC2O1. The summed E-state index contributed by atoms with van der Waals surface area (Å²) in [5, 5.41) is 2.64. The van der Waals surface area contributed by atoms with Gasteiger partial charge in [-0.3, -0.25) is 0 Å². The van der Waals surface area contributed by atoms with E-state index in [-0.39, 0.29) is 18.3 Å². The van der Waals surface area contributed by atoms with Gasteiger partial charge >= 0.3 is 0 Å². The fourth-order valence-electron chi connectivity index (χ4n) is 3.83. The van der Waals surface area contributed by atoms with Crippen LogP contribution in [0.2, 0.25) is 0 Å². The molecule has 2 aliphatic rings. The molecule has 0 spiro atoms. The summed E-state index contributed by atoms with van der Waals surface area (Å²) in [4.78, 5) is 0. The Morgan fingerprint density at radius 3 is 1.75 bits per heavy atom. The first-order valence-corrected chi connectivity index (χ1v) is 10.3. The third-order valence-electron chi connectivity index (χ3n) is 4.81. The van der Waals surface area contributed by atoms with Crippen LogP contribution in [0.25, 0.3) is 0 Å². The van der Waals surface area contributed by atoms with Crippen LogP contribution >= 0.6 is 0 Å². The second-order valence-electron chi connectivity index (χ2n) is 7.14. The highest BCUT2D eigenvalue weighted by Crippen LogP contribution is 2.39. The molecule has 1 saturated carbocycles. The Hall–Kier alpha value is -1.46. The summed E-state index contributed by atoms with van der Waals surface area (Å²) in [6.45, 7) is 3.99. The number of rotatable bonds is 4. The van der Waals surface area contributed by atoms with Crippen LogP contribution in [0.1, 0.15) is 26.7 Å². The highest BCUT2D eigenvalue weighted by atomic mass is 28.3. The third kappa shape index (κ3) is 3.33. The maximum absolute atomic E-state index is 6.67. The zero-order chi connectivity index (χ0) is 16.6. The molecule has 2 fully saturated rings. The van der Waals surface area contributed by atoms with Gasteiger partial charge in [0.25, 0.3) is 0 Å². The van der Waals surface area contributed by atoms with E-state index in [0.29, 0.717) is 0 Å². The Morgan fingerprint density at radius 2 is 1.29 bits per heavy atom. The molecule has 2 aromatic carbocycles. The molecule has 2 unspecified atom stereocenters. The summed E-state index contributed by atoms with van der Waals surface area (Å²) in [7, 11) is -1.69. The fourth-order valence-corrected chi connectivity index (χ4v) is 6.28. The van der Waals surface area contributed by atoms with Gasteiger partial charge in [-0.05, 0) is 24.2 Å². The van der Waals surface area contributed by atoms with Gasteiger partial charge in [0, 0.05) is 12.8 Å². The van der Waals surface area contributed by atoms with Crippen molar-refractivity contribution in [3.05, 3.63) is 60.7 Å². The van der Waals surface area contributed by atoms with E-state index in [1.54, 1.807) is 0 Å². The molecule has 3 nitrogen and oxygen atoms in total. The van der Waals surface area contributed by atoms with Crippen LogP contribution in [-0.4, -0.2) is 33.1 Å². The van der Waals surface area contributed by atoms with Crippen molar-refractivity contribution in [3.63, 3.8) is 0 Å². The number of fused-ring (bicyclic) bond motifs is 1. The summed E-state index contributed by atoms with van der Waals surface area (Å²) < 4.78 is 18.7. The van der Waals surface area contributed by atoms with Crippen molar-refractivity contribution in [1.82, 2.24) is 0 Å². The minimum atomic E-state index is -1.69. The molecule has 126 valence electrons. The predicted molar refractivity (Wildman–Crippen MR) is 97.2 cm³/mol.